The van der Waals surface area contributed by atoms with Crippen LogP contribution >= 0.6 is 11.6 Å². The molecule has 0 bridgehead atoms. The van der Waals surface area contributed by atoms with Gasteiger partial charge in [0.2, 0.25) is 0 Å². The summed E-state index contributed by atoms with van der Waals surface area (Å²) in [6.07, 6.45) is 2.31. The molecule has 1 fully saturated rings. The van der Waals surface area contributed by atoms with E-state index in [4.69, 9.17) is 21.1 Å². The minimum atomic E-state index is 0.262. The second-order valence-electron chi connectivity index (χ2n) is 4.90. The van der Waals surface area contributed by atoms with Crippen molar-refractivity contribution in [1.29, 1.82) is 0 Å². The maximum atomic E-state index is 6.04. The summed E-state index contributed by atoms with van der Waals surface area (Å²) in [6, 6.07) is 6.12. The largest absolute Gasteiger partial charge is 0.496 e. The van der Waals surface area contributed by atoms with Gasteiger partial charge in [0.15, 0.2) is 0 Å². The van der Waals surface area contributed by atoms with Gasteiger partial charge in [-0.25, -0.2) is 0 Å². The molecule has 1 aromatic carbocycles. The molecule has 0 aliphatic carbocycles. The molecule has 19 heavy (non-hydrogen) atoms. The number of benzene rings is 1. The Kier molecular flexibility index (Phi) is 5.49. The van der Waals surface area contributed by atoms with E-state index in [2.05, 4.69) is 18.3 Å². The minimum Gasteiger partial charge on any atom is -0.496 e. The van der Waals surface area contributed by atoms with Gasteiger partial charge in [0.25, 0.3) is 0 Å². The molecule has 106 valence electrons. The van der Waals surface area contributed by atoms with Crippen LogP contribution in [0.15, 0.2) is 18.2 Å². The number of methoxy groups -OCH3 is 1. The van der Waals surface area contributed by atoms with Crippen molar-refractivity contribution in [3.8, 4) is 5.75 Å². The van der Waals surface area contributed by atoms with Crippen LogP contribution in [0.25, 0.3) is 0 Å². The van der Waals surface area contributed by atoms with Crippen molar-refractivity contribution < 1.29 is 9.47 Å². The molecule has 1 heterocycles. The Hall–Kier alpha value is -0.770. The zero-order valence-corrected chi connectivity index (χ0v) is 12.4. The molecule has 2 atom stereocenters. The second-order valence-corrected chi connectivity index (χ2v) is 5.34. The Bertz CT molecular complexity index is 405. The predicted molar refractivity (Wildman–Crippen MR) is 78.0 cm³/mol. The Morgan fingerprint density at radius 3 is 3.00 bits per heavy atom. The summed E-state index contributed by atoms with van der Waals surface area (Å²) < 4.78 is 11.1. The van der Waals surface area contributed by atoms with Crippen molar-refractivity contribution in [2.75, 3.05) is 26.9 Å². The average molecular weight is 284 g/mol. The maximum absolute atomic E-state index is 6.04. The molecule has 0 saturated carbocycles. The van der Waals surface area contributed by atoms with E-state index in [0.717, 1.165) is 31.9 Å². The monoisotopic (exact) mass is 283 g/mol. The number of rotatable bonds is 5. The van der Waals surface area contributed by atoms with Crippen molar-refractivity contribution in [3.05, 3.63) is 28.8 Å². The lowest BCUT2D eigenvalue weighted by Crippen LogP contribution is -2.33. The molecule has 1 aliphatic heterocycles. The van der Waals surface area contributed by atoms with Gasteiger partial charge in [-0.1, -0.05) is 24.6 Å². The lowest BCUT2D eigenvalue weighted by atomic mass is 9.88. The van der Waals surface area contributed by atoms with E-state index in [9.17, 15) is 0 Å². The van der Waals surface area contributed by atoms with Gasteiger partial charge in [-0.3, -0.25) is 0 Å². The number of ether oxygens (including phenoxy) is 2. The van der Waals surface area contributed by atoms with E-state index >= 15 is 0 Å². The van der Waals surface area contributed by atoms with E-state index in [-0.39, 0.29) is 6.04 Å². The highest BCUT2D eigenvalue weighted by Gasteiger charge is 2.27. The molecule has 0 spiro atoms. The summed E-state index contributed by atoms with van der Waals surface area (Å²) in [7, 11) is 1.69. The lowest BCUT2D eigenvalue weighted by molar-refractivity contribution is 0.0389. The second kappa shape index (κ2) is 7.13. The van der Waals surface area contributed by atoms with Gasteiger partial charge in [0.05, 0.1) is 13.7 Å². The standard InChI is InChI=1S/C15H22ClNO2/c1-3-17-15(11-5-4-8-19-10-11)13-7-6-12(16)9-14(13)18-2/h6-7,9,11,15,17H,3-5,8,10H2,1-2H3. The Morgan fingerprint density at radius 2 is 2.37 bits per heavy atom. The van der Waals surface area contributed by atoms with Gasteiger partial charge in [0, 0.05) is 29.2 Å². The van der Waals surface area contributed by atoms with Crippen LogP contribution in [0.5, 0.6) is 5.75 Å². The molecule has 2 unspecified atom stereocenters. The fourth-order valence-electron chi connectivity index (χ4n) is 2.72. The van der Waals surface area contributed by atoms with E-state index in [1.165, 1.54) is 12.0 Å². The van der Waals surface area contributed by atoms with Gasteiger partial charge in [-0.05, 0) is 31.5 Å². The van der Waals surface area contributed by atoms with Crippen LogP contribution in [-0.2, 0) is 4.74 Å². The first kappa shape index (κ1) is 14.6. The zero-order valence-electron chi connectivity index (χ0n) is 11.6. The first-order chi connectivity index (χ1) is 9.26. The van der Waals surface area contributed by atoms with Gasteiger partial charge in [0.1, 0.15) is 5.75 Å². The highest BCUT2D eigenvalue weighted by Crippen LogP contribution is 2.35. The smallest absolute Gasteiger partial charge is 0.125 e. The Balaban J connectivity index is 2.26. The van der Waals surface area contributed by atoms with Crippen molar-refractivity contribution >= 4 is 11.6 Å². The summed E-state index contributed by atoms with van der Waals surface area (Å²) in [5.41, 5.74) is 1.17. The predicted octanol–water partition coefficient (Wildman–Crippen LogP) is 3.43. The molecule has 0 radical (unpaired) electrons. The fourth-order valence-corrected chi connectivity index (χ4v) is 2.88. The third-order valence-electron chi connectivity index (χ3n) is 3.62. The highest BCUT2D eigenvalue weighted by molar-refractivity contribution is 6.30. The summed E-state index contributed by atoms with van der Waals surface area (Å²) in [6.45, 7) is 4.74. The molecule has 1 saturated heterocycles. The molecule has 2 rings (SSSR count). The molecular weight excluding hydrogens is 262 g/mol. The molecular formula is C15H22ClNO2. The molecule has 1 aromatic rings. The van der Waals surface area contributed by atoms with Crippen molar-refractivity contribution in [3.63, 3.8) is 0 Å². The van der Waals surface area contributed by atoms with Gasteiger partial charge >= 0.3 is 0 Å². The number of nitrogens with one attached hydrogen (secondary N) is 1. The summed E-state index contributed by atoms with van der Waals surface area (Å²) in [5.74, 6) is 1.34. The van der Waals surface area contributed by atoms with Gasteiger partial charge in [-0.2, -0.15) is 0 Å². The molecule has 3 nitrogen and oxygen atoms in total. The van der Waals surface area contributed by atoms with Crippen LogP contribution < -0.4 is 10.1 Å². The van der Waals surface area contributed by atoms with Crippen molar-refractivity contribution in [1.82, 2.24) is 5.32 Å². The van der Waals surface area contributed by atoms with Crippen LogP contribution in [-0.4, -0.2) is 26.9 Å². The molecule has 0 amide bonds. The van der Waals surface area contributed by atoms with Crippen LogP contribution in [0.1, 0.15) is 31.4 Å². The normalized spacial score (nSPS) is 21.1. The number of halogens is 1. The first-order valence-electron chi connectivity index (χ1n) is 6.90. The van der Waals surface area contributed by atoms with Gasteiger partial charge in [-0.15, -0.1) is 0 Å². The minimum absolute atomic E-state index is 0.262. The summed E-state index contributed by atoms with van der Waals surface area (Å²) >= 11 is 6.04. The molecule has 1 aliphatic rings. The Labute approximate surface area is 120 Å². The molecule has 0 aromatic heterocycles. The van der Waals surface area contributed by atoms with Crippen LogP contribution in [0.3, 0.4) is 0 Å². The van der Waals surface area contributed by atoms with Crippen molar-refractivity contribution in [2.45, 2.75) is 25.8 Å². The maximum Gasteiger partial charge on any atom is 0.125 e. The zero-order chi connectivity index (χ0) is 13.7. The molecule has 1 N–H and O–H groups in total. The fraction of sp³-hybridized carbons (Fsp3) is 0.600. The Morgan fingerprint density at radius 1 is 1.53 bits per heavy atom. The van der Waals surface area contributed by atoms with Crippen molar-refractivity contribution in [2.24, 2.45) is 5.92 Å². The topological polar surface area (TPSA) is 30.5 Å². The summed E-state index contributed by atoms with van der Waals surface area (Å²) in [4.78, 5) is 0. The van der Waals surface area contributed by atoms with Crippen LogP contribution in [0.2, 0.25) is 5.02 Å². The van der Waals surface area contributed by atoms with E-state index in [1.807, 2.05) is 12.1 Å². The van der Waals surface area contributed by atoms with E-state index < -0.39 is 0 Å². The third-order valence-corrected chi connectivity index (χ3v) is 3.86. The number of hydrogen-bond acceptors (Lipinski definition) is 3. The van der Waals surface area contributed by atoms with Crippen LogP contribution in [0, 0.1) is 5.92 Å². The molecule has 4 heteroatoms. The summed E-state index contributed by atoms with van der Waals surface area (Å²) in [5, 5.41) is 4.26. The lowest BCUT2D eigenvalue weighted by Gasteiger charge is -2.32. The van der Waals surface area contributed by atoms with Crippen LogP contribution in [0.4, 0.5) is 0 Å². The highest BCUT2D eigenvalue weighted by atomic mass is 35.5. The third kappa shape index (κ3) is 3.62. The first-order valence-corrected chi connectivity index (χ1v) is 7.28. The number of hydrogen-bond donors (Lipinski definition) is 1. The quantitative estimate of drug-likeness (QED) is 0.898. The van der Waals surface area contributed by atoms with E-state index in [1.54, 1.807) is 7.11 Å². The van der Waals surface area contributed by atoms with Gasteiger partial charge < -0.3 is 14.8 Å². The van der Waals surface area contributed by atoms with E-state index in [0.29, 0.717) is 10.9 Å². The SMILES string of the molecule is CCNC(c1ccc(Cl)cc1OC)C1CCCOC1. The average Bonchev–Trinajstić information content (AvgIpc) is 2.46.